The van der Waals surface area contributed by atoms with Crippen molar-refractivity contribution in [3.05, 3.63) is 96.6 Å². The molecule has 1 unspecified atom stereocenters. The summed E-state index contributed by atoms with van der Waals surface area (Å²) >= 11 is 0. The lowest BCUT2D eigenvalue weighted by Gasteiger charge is -2.14. The summed E-state index contributed by atoms with van der Waals surface area (Å²) in [6.45, 7) is 0. The number of methoxy groups -OCH3 is 1. The topological polar surface area (TPSA) is 35.3 Å². The Balaban J connectivity index is 1.67. The van der Waals surface area contributed by atoms with Gasteiger partial charge in [-0.1, -0.05) is 84.9 Å². The fourth-order valence-electron chi connectivity index (χ4n) is 4.31. The van der Waals surface area contributed by atoms with E-state index in [-0.39, 0.29) is 0 Å². The van der Waals surface area contributed by atoms with Crippen LogP contribution in [0.5, 0.6) is 5.75 Å². The number of rotatable bonds is 6. The van der Waals surface area contributed by atoms with Crippen LogP contribution in [0.15, 0.2) is 95.4 Å². The largest absolute Gasteiger partial charge is 0.496 e. The molecule has 1 atom stereocenters. The van der Waals surface area contributed by atoms with E-state index in [0.29, 0.717) is 11.8 Å². The van der Waals surface area contributed by atoms with E-state index in [0.717, 1.165) is 46.7 Å². The molecule has 3 nitrogen and oxygen atoms in total. The highest BCUT2D eigenvalue weighted by Gasteiger charge is 2.23. The standard InChI is InChI=1S/C28H25NO2/c1-30-24-18-10-17-23(19-20-11-8-9-12-20)25(24)28-29-26(21-13-4-2-5-14-21)27(31-28)22-15-6-3-7-16-22/h2-8,10-11,13-18,20H,9,12,19H2,1H3. The van der Waals surface area contributed by atoms with Crippen molar-refractivity contribution < 1.29 is 9.15 Å². The number of allylic oxidation sites excluding steroid dienone is 2. The van der Waals surface area contributed by atoms with E-state index in [1.807, 2.05) is 42.5 Å². The van der Waals surface area contributed by atoms with Crippen molar-refractivity contribution in [2.24, 2.45) is 5.92 Å². The van der Waals surface area contributed by atoms with Gasteiger partial charge in [-0.25, -0.2) is 4.98 Å². The van der Waals surface area contributed by atoms with E-state index in [1.54, 1.807) is 7.11 Å². The Bertz CT molecular complexity index is 1140. The summed E-state index contributed by atoms with van der Waals surface area (Å²) in [5, 5.41) is 0. The van der Waals surface area contributed by atoms with E-state index >= 15 is 0 Å². The quantitative estimate of drug-likeness (QED) is 0.317. The van der Waals surface area contributed by atoms with Gasteiger partial charge in [0, 0.05) is 11.1 Å². The summed E-state index contributed by atoms with van der Waals surface area (Å²) < 4.78 is 12.2. The van der Waals surface area contributed by atoms with Crippen LogP contribution in [0.25, 0.3) is 34.0 Å². The number of nitrogens with zero attached hydrogens (tertiary/aromatic N) is 1. The molecule has 0 fully saturated rings. The first kappa shape index (κ1) is 19.4. The van der Waals surface area contributed by atoms with Crippen LogP contribution >= 0.6 is 0 Å². The third-order valence-electron chi connectivity index (χ3n) is 5.85. The third kappa shape index (κ3) is 3.91. The summed E-state index contributed by atoms with van der Waals surface area (Å²) in [5.41, 5.74) is 5.04. The molecule has 0 saturated heterocycles. The molecular weight excluding hydrogens is 382 g/mol. The van der Waals surface area contributed by atoms with Crippen molar-refractivity contribution in [3.8, 4) is 39.8 Å². The molecule has 0 radical (unpaired) electrons. The minimum absolute atomic E-state index is 0.544. The fraction of sp³-hybridized carbons (Fsp3) is 0.179. The predicted molar refractivity (Wildman–Crippen MR) is 125 cm³/mol. The molecule has 0 bridgehead atoms. The maximum Gasteiger partial charge on any atom is 0.231 e. The second-order valence-electron chi connectivity index (χ2n) is 7.89. The van der Waals surface area contributed by atoms with Crippen molar-refractivity contribution in [1.82, 2.24) is 4.98 Å². The van der Waals surface area contributed by atoms with Gasteiger partial charge in [0.2, 0.25) is 5.89 Å². The van der Waals surface area contributed by atoms with Gasteiger partial charge in [0.05, 0.1) is 12.7 Å². The molecule has 0 saturated carbocycles. The molecule has 154 valence electrons. The van der Waals surface area contributed by atoms with Gasteiger partial charge in [-0.15, -0.1) is 0 Å². The van der Waals surface area contributed by atoms with Crippen LogP contribution in [0, 0.1) is 5.92 Å². The maximum atomic E-state index is 6.48. The minimum Gasteiger partial charge on any atom is -0.496 e. The predicted octanol–water partition coefficient (Wildman–Crippen LogP) is 7.19. The zero-order valence-corrected chi connectivity index (χ0v) is 17.6. The molecule has 5 rings (SSSR count). The highest BCUT2D eigenvalue weighted by atomic mass is 16.5. The Morgan fingerprint density at radius 3 is 2.32 bits per heavy atom. The molecule has 0 aliphatic heterocycles. The zero-order valence-electron chi connectivity index (χ0n) is 17.6. The minimum atomic E-state index is 0.544. The normalized spacial score (nSPS) is 15.3. The lowest BCUT2D eigenvalue weighted by molar-refractivity contribution is 0.413. The first-order valence-corrected chi connectivity index (χ1v) is 10.8. The van der Waals surface area contributed by atoms with Gasteiger partial charge in [-0.3, -0.25) is 0 Å². The molecule has 0 N–H and O–H groups in total. The number of benzene rings is 3. The number of aromatic nitrogens is 1. The van der Waals surface area contributed by atoms with E-state index in [1.165, 1.54) is 12.0 Å². The molecule has 0 spiro atoms. The van der Waals surface area contributed by atoms with Gasteiger partial charge in [0.15, 0.2) is 5.76 Å². The van der Waals surface area contributed by atoms with Gasteiger partial charge in [-0.2, -0.15) is 0 Å². The molecule has 0 amide bonds. The Morgan fingerprint density at radius 2 is 1.65 bits per heavy atom. The second-order valence-corrected chi connectivity index (χ2v) is 7.89. The van der Waals surface area contributed by atoms with Crippen LogP contribution in [-0.2, 0) is 6.42 Å². The Hall–Kier alpha value is -3.59. The molecule has 3 heteroatoms. The van der Waals surface area contributed by atoms with Crippen molar-refractivity contribution >= 4 is 0 Å². The maximum absolute atomic E-state index is 6.48. The summed E-state index contributed by atoms with van der Waals surface area (Å²) in [6.07, 6.45) is 7.89. The smallest absolute Gasteiger partial charge is 0.231 e. The van der Waals surface area contributed by atoms with Crippen LogP contribution in [-0.4, -0.2) is 12.1 Å². The zero-order chi connectivity index (χ0) is 21.0. The van der Waals surface area contributed by atoms with Crippen LogP contribution in [0.3, 0.4) is 0 Å². The van der Waals surface area contributed by atoms with Gasteiger partial charge >= 0.3 is 0 Å². The van der Waals surface area contributed by atoms with Crippen molar-refractivity contribution in [3.63, 3.8) is 0 Å². The first-order chi connectivity index (χ1) is 15.3. The fourth-order valence-corrected chi connectivity index (χ4v) is 4.31. The molecule has 4 aromatic rings. The lowest BCUT2D eigenvalue weighted by atomic mass is 9.94. The molecule has 1 aliphatic rings. The summed E-state index contributed by atoms with van der Waals surface area (Å²) in [4.78, 5) is 5.01. The van der Waals surface area contributed by atoms with Gasteiger partial charge in [0.25, 0.3) is 0 Å². The Morgan fingerprint density at radius 1 is 0.903 bits per heavy atom. The summed E-state index contributed by atoms with van der Waals surface area (Å²) in [6, 6.07) is 26.6. The van der Waals surface area contributed by atoms with Crippen molar-refractivity contribution in [2.75, 3.05) is 7.11 Å². The SMILES string of the molecule is COc1cccc(CC2C=CCC2)c1-c1nc(-c2ccccc2)c(-c2ccccc2)o1. The second kappa shape index (κ2) is 8.65. The number of ether oxygens (including phenoxy) is 1. The Kier molecular flexibility index (Phi) is 5.40. The number of hydrogen-bond donors (Lipinski definition) is 0. The van der Waals surface area contributed by atoms with Crippen molar-refractivity contribution in [1.29, 1.82) is 0 Å². The van der Waals surface area contributed by atoms with Gasteiger partial charge in [0.1, 0.15) is 11.4 Å². The van der Waals surface area contributed by atoms with Crippen LogP contribution in [0.4, 0.5) is 0 Å². The first-order valence-electron chi connectivity index (χ1n) is 10.8. The lowest BCUT2D eigenvalue weighted by Crippen LogP contribution is -2.01. The van der Waals surface area contributed by atoms with Crippen LogP contribution in [0.2, 0.25) is 0 Å². The third-order valence-corrected chi connectivity index (χ3v) is 5.85. The van der Waals surface area contributed by atoms with Crippen molar-refractivity contribution in [2.45, 2.75) is 19.3 Å². The van der Waals surface area contributed by atoms with E-state index in [2.05, 4.69) is 48.6 Å². The molecule has 31 heavy (non-hydrogen) atoms. The highest BCUT2D eigenvalue weighted by molar-refractivity contribution is 5.80. The number of hydrogen-bond acceptors (Lipinski definition) is 3. The average molecular weight is 408 g/mol. The van der Waals surface area contributed by atoms with E-state index in [4.69, 9.17) is 14.1 Å². The van der Waals surface area contributed by atoms with Crippen LogP contribution in [0.1, 0.15) is 18.4 Å². The monoisotopic (exact) mass is 407 g/mol. The average Bonchev–Trinajstić information content (AvgIpc) is 3.50. The van der Waals surface area contributed by atoms with Crippen LogP contribution < -0.4 is 4.74 Å². The van der Waals surface area contributed by atoms with E-state index < -0.39 is 0 Å². The Labute approximate surface area is 183 Å². The highest BCUT2D eigenvalue weighted by Crippen LogP contribution is 2.41. The number of oxazole rings is 1. The van der Waals surface area contributed by atoms with Gasteiger partial charge in [-0.05, 0) is 36.8 Å². The summed E-state index contributed by atoms with van der Waals surface area (Å²) in [5.74, 6) is 2.72. The molecule has 3 aromatic carbocycles. The molecule has 1 aliphatic carbocycles. The molecule has 1 aromatic heterocycles. The molecular formula is C28H25NO2. The summed E-state index contributed by atoms with van der Waals surface area (Å²) in [7, 11) is 1.71. The van der Waals surface area contributed by atoms with E-state index in [9.17, 15) is 0 Å². The molecule has 1 heterocycles. The van der Waals surface area contributed by atoms with Gasteiger partial charge < -0.3 is 9.15 Å².